The monoisotopic (exact) mass is 264 g/mol. The van der Waals surface area contributed by atoms with Gasteiger partial charge < -0.3 is 15.1 Å². The number of aryl methyl sites for hydroxylation is 1. The Labute approximate surface area is 112 Å². The number of carbonyl (C=O) groups is 1. The molecule has 1 fully saturated rings. The second kappa shape index (κ2) is 5.99. The van der Waals surface area contributed by atoms with E-state index >= 15 is 0 Å². The van der Waals surface area contributed by atoms with Gasteiger partial charge >= 0.3 is 0 Å². The summed E-state index contributed by atoms with van der Waals surface area (Å²) in [6.07, 6.45) is 2.48. The number of nitrogens with one attached hydrogen (secondary N) is 1. The fourth-order valence-electron chi connectivity index (χ4n) is 2.20. The topological polar surface area (TPSA) is 80.5 Å². The highest BCUT2D eigenvalue weighted by Crippen LogP contribution is 2.18. The molecule has 104 valence electrons. The lowest BCUT2D eigenvalue weighted by Crippen LogP contribution is -2.36. The molecule has 1 amide bonds. The summed E-state index contributed by atoms with van der Waals surface area (Å²) in [7, 11) is 0. The van der Waals surface area contributed by atoms with Crippen LogP contribution in [0.4, 0.5) is 5.69 Å². The van der Waals surface area contributed by atoms with Crippen LogP contribution in [0.15, 0.2) is 12.3 Å². The van der Waals surface area contributed by atoms with E-state index in [4.69, 9.17) is 10.6 Å². The number of anilines is 1. The van der Waals surface area contributed by atoms with E-state index < -0.39 is 0 Å². The molecule has 0 bridgehead atoms. The fraction of sp³-hybridized carbons (Fsp3) is 0.538. The Morgan fingerprint density at radius 3 is 3.16 bits per heavy atom. The molecular weight excluding hydrogens is 244 g/mol. The summed E-state index contributed by atoms with van der Waals surface area (Å²) in [5.41, 5.74) is 4.49. The Hall–Kier alpha value is -1.66. The normalized spacial score (nSPS) is 19.9. The van der Waals surface area contributed by atoms with Gasteiger partial charge in [0.15, 0.2) is 0 Å². The van der Waals surface area contributed by atoms with E-state index in [1.807, 2.05) is 13.8 Å². The van der Waals surface area contributed by atoms with Gasteiger partial charge in [-0.1, -0.05) is 0 Å². The van der Waals surface area contributed by atoms with Crippen LogP contribution in [0.3, 0.4) is 0 Å². The quantitative estimate of drug-likeness (QED) is 0.613. The van der Waals surface area contributed by atoms with Crippen LogP contribution < -0.4 is 11.3 Å². The summed E-state index contributed by atoms with van der Waals surface area (Å²) in [5, 5.41) is 0. The predicted molar refractivity (Wildman–Crippen MR) is 72.7 cm³/mol. The summed E-state index contributed by atoms with van der Waals surface area (Å²) < 4.78 is 5.54. The molecule has 1 aromatic heterocycles. The average Bonchev–Trinajstić information content (AvgIpc) is 2.62. The van der Waals surface area contributed by atoms with E-state index in [0.29, 0.717) is 30.9 Å². The summed E-state index contributed by atoms with van der Waals surface area (Å²) >= 11 is 0. The van der Waals surface area contributed by atoms with Crippen molar-refractivity contribution < 1.29 is 9.53 Å². The molecule has 1 unspecified atom stereocenters. The Morgan fingerprint density at radius 1 is 1.63 bits per heavy atom. The van der Waals surface area contributed by atoms with Crippen LogP contribution in [0.25, 0.3) is 0 Å². The first-order valence-corrected chi connectivity index (χ1v) is 6.46. The summed E-state index contributed by atoms with van der Waals surface area (Å²) in [4.78, 5) is 18.5. The van der Waals surface area contributed by atoms with Crippen LogP contribution in [0.2, 0.25) is 0 Å². The van der Waals surface area contributed by atoms with Gasteiger partial charge in [-0.05, 0) is 26.3 Å². The Kier molecular flexibility index (Phi) is 4.34. The smallest absolute Gasteiger partial charge is 0.257 e. The molecule has 0 aromatic carbocycles. The molecule has 3 N–H and O–H groups in total. The summed E-state index contributed by atoms with van der Waals surface area (Å²) in [5.74, 6) is 5.41. The van der Waals surface area contributed by atoms with Crippen LogP contribution in [0.5, 0.6) is 0 Å². The van der Waals surface area contributed by atoms with Gasteiger partial charge in [0.05, 0.1) is 17.4 Å². The summed E-state index contributed by atoms with van der Waals surface area (Å²) in [6, 6.07) is 1.77. The van der Waals surface area contributed by atoms with Crippen molar-refractivity contribution in [3.05, 3.63) is 23.5 Å². The Morgan fingerprint density at radius 2 is 2.42 bits per heavy atom. The zero-order valence-electron chi connectivity index (χ0n) is 11.3. The molecule has 0 aliphatic carbocycles. The molecule has 0 saturated carbocycles. The molecule has 6 heteroatoms. The van der Waals surface area contributed by atoms with E-state index in [0.717, 1.165) is 12.1 Å². The van der Waals surface area contributed by atoms with Gasteiger partial charge in [-0.15, -0.1) is 0 Å². The van der Waals surface area contributed by atoms with Crippen molar-refractivity contribution in [1.29, 1.82) is 0 Å². The minimum Gasteiger partial charge on any atom is -0.377 e. The standard InChI is InChI=1S/C13H20N4O2/c1-9-6-12(16-14)11(7-15-9)13(18)17-4-3-5-19-10(2)8-17/h6-7,10H,3-5,8,14H2,1-2H3,(H,15,16). The van der Waals surface area contributed by atoms with E-state index in [2.05, 4.69) is 10.4 Å². The second-order valence-electron chi connectivity index (χ2n) is 4.80. The highest BCUT2D eigenvalue weighted by atomic mass is 16.5. The van der Waals surface area contributed by atoms with Gasteiger partial charge in [-0.25, -0.2) is 0 Å². The van der Waals surface area contributed by atoms with Crippen molar-refractivity contribution in [2.24, 2.45) is 5.84 Å². The van der Waals surface area contributed by atoms with Crippen molar-refractivity contribution in [2.45, 2.75) is 26.4 Å². The average molecular weight is 264 g/mol. The number of carbonyl (C=O) groups excluding carboxylic acids is 1. The van der Waals surface area contributed by atoms with Crippen LogP contribution in [-0.2, 0) is 4.74 Å². The first-order chi connectivity index (χ1) is 9.11. The van der Waals surface area contributed by atoms with Gasteiger partial charge in [-0.2, -0.15) is 0 Å². The van der Waals surface area contributed by atoms with Gasteiger partial charge in [0.25, 0.3) is 5.91 Å². The van der Waals surface area contributed by atoms with Crippen LogP contribution >= 0.6 is 0 Å². The van der Waals surface area contributed by atoms with Gasteiger partial charge in [-0.3, -0.25) is 15.6 Å². The van der Waals surface area contributed by atoms with Gasteiger partial charge in [0, 0.05) is 31.6 Å². The predicted octanol–water partition coefficient (Wildman–Crippen LogP) is 0.927. The highest BCUT2D eigenvalue weighted by molar-refractivity contribution is 5.99. The number of nitrogens with two attached hydrogens (primary N) is 1. The first-order valence-electron chi connectivity index (χ1n) is 6.46. The zero-order valence-corrected chi connectivity index (χ0v) is 11.3. The number of aromatic nitrogens is 1. The Balaban J connectivity index is 2.23. The molecule has 2 heterocycles. The molecule has 2 rings (SSSR count). The Bertz CT molecular complexity index is 464. The number of hydrogen-bond acceptors (Lipinski definition) is 5. The van der Waals surface area contributed by atoms with Crippen molar-refractivity contribution in [3.63, 3.8) is 0 Å². The van der Waals surface area contributed by atoms with E-state index in [1.54, 1.807) is 17.2 Å². The molecule has 1 aromatic rings. The maximum atomic E-state index is 12.5. The summed E-state index contributed by atoms with van der Waals surface area (Å²) in [6.45, 7) is 5.81. The molecule has 6 nitrogen and oxygen atoms in total. The lowest BCUT2D eigenvalue weighted by molar-refractivity contribution is 0.0563. The van der Waals surface area contributed by atoms with E-state index in [-0.39, 0.29) is 12.0 Å². The third-order valence-corrected chi connectivity index (χ3v) is 3.17. The van der Waals surface area contributed by atoms with Crippen molar-refractivity contribution in [1.82, 2.24) is 9.88 Å². The third-order valence-electron chi connectivity index (χ3n) is 3.17. The number of nitrogens with zero attached hydrogens (tertiary/aromatic N) is 2. The largest absolute Gasteiger partial charge is 0.377 e. The molecule has 19 heavy (non-hydrogen) atoms. The zero-order chi connectivity index (χ0) is 13.8. The number of pyridine rings is 1. The maximum Gasteiger partial charge on any atom is 0.257 e. The van der Waals surface area contributed by atoms with Crippen LogP contribution in [0, 0.1) is 6.92 Å². The molecule has 1 aliphatic heterocycles. The number of nitrogen functional groups attached to an aromatic ring is 1. The van der Waals surface area contributed by atoms with Crippen molar-refractivity contribution in [3.8, 4) is 0 Å². The lowest BCUT2D eigenvalue weighted by Gasteiger charge is -2.23. The maximum absolute atomic E-state index is 12.5. The number of rotatable bonds is 2. The number of hydrogen-bond donors (Lipinski definition) is 2. The first kappa shape index (κ1) is 13.8. The van der Waals surface area contributed by atoms with Crippen molar-refractivity contribution in [2.75, 3.05) is 25.1 Å². The number of hydrazine groups is 1. The fourth-order valence-corrected chi connectivity index (χ4v) is 2.20. The minimum absolute atomic E-state index is 0.0548. The lowest BCUT2D eigenvalue weighted by atomic mass is 10.1. The van der Waals surface area contributed by atoms with Gasteiger partial charge in [0.2, 0.25) is 0 Å². The SMILES string of the molecule is Cc1cc(NN)c(C(=O)N2CCCOC(C)C2)cn1. The van der Waals surface area contributed by atoms with E-state index in [9.17, 15) is 4.79 Å². The van der Waals surface area contributed by atoms with Gasteiger partial charge in [0.1, 0.15) is 0 Å². The molecule has 1 atom stereocenters. The third kappa shape index (κ3) is 3.21. The number of ether oxygens (including phenoxy) is 1. The molecular formula is C13H20N4O2. The molecule has 1 aliphatic rings. The highest BCUT2D eigenvalue weighted by Gasteiger charge is 2.23. The second-order valence-corrected chi connectivity index (χ2v) is 4.80. The van der Waals surface area contributed by atoms with Crippen LogP contribution in [-0.4, -0.2) is 41.6 Å². The molecule has 0 spiro atoms. The minimum atomic E-state index is -0.0576. The molecule has 1 saturated heterocycles. The molecule has 0 radical (unpaired) electrons. The van der Waals surface area contributed by atoms with E-state index in [1.165, 1.54) is 0 Å². The van der Waals surface area contributed by atoms with Crippen LogP contribution in [0.1, 0.15) is 29.4 Å². The number of amides is 1. The van der Waals surface area contributed by atoms with Crippen molar-refractivity contribution >= 4 is 11.6 Å².